The van der Waals surface area contributed by atoms with Gasteiger partial charge in [0.2, 0.25) is 0 Å². The molecule has 0 aliphatic heterocycles. The van der Waals surface area contributed by atoms with Gasteiger partial charge in [0.15, 0.2) is 0 Å². The van der Waals surface area contributed by atoms with E-state index in [1.807, 2.05) is 12.1 Å². The van der Waals surface area contributed by atoms with Crippen LogP contribution in [0.3, 0.4) is 0 Å². The standard InChI is InChI=1S/C10H14IO4PS/c1-14-16(13,15-2)7-8(12)3-4-9-5-6-10(11)17-9/h5-6H,3-4,7H2,1-2H3. The summed E-state index contributed by atoms with van der Waals surface area (Å²) in [5.74, 6) is -0.0968. The highest BCUT2D eigenvalue weighted by Crippen LogP contribution is 2.46. The van der Waals surface area contributed by atoms with Gasteiger partial charge in [-0.3, -0.25) is 9.36 Å². The highest BCUT2D eigenvalue weighted by Gasteiger charge is 2.24. The Labute approximate surface area is 118 Å². The molecule has 0 fully saturated rings. The van der Waals surface area contributed by atoms with Crippen LogP contribution in [0, 0.1) is 2.88 Å². The number of hydrogen-bond donors (Lipinski definition) is 0. The second-order valence-corrected chi connectivity index (χ2v) is 8.71. The fourth-order valence-corrected chi connectivity index (χ4v) is 4.00. The predicted molar refractivity (Wildman–Crippen MR) is 76.9 cm³/mol. The number of ketones is 1. The minimum absolute atomic E-state index is 0.0968. The first-order valence-electron chi connectivity index (χ1n) is 4.95. The zero-order valence-electron chi connectivity index (χ0n) is 9.64. The van der Waals surface area contributed by atoms with Crippen molar-refractivity contribution in [2.24, 2.45) is 0 Å². The highest BCUT2D eigenvalue weighted by molar-refractivity contribution is 14.1. The highest BCUT2D eigenvalue weighted by atomic mass is 127. The van der Waals surface area contributed by atoms with E-state index < -0.39 is 7.60 Å². The van der Waals surface area contributed by atoms with Gasteiger partial charge in [0.1, 0.15) is 11.9 Å². The molecule has 0 atom stereocenters. The van der Waals surface area contributed by atoms with Gasteiger partial charge < -0.3 is 9.05 Å². The van der Waals surface area contributed by atoms with E-state index >= 15 is 0 Å². The van der Waals surface area contributed by atoms with E-state index in [0.29, 0.717) is 12.8 Å². The Morgan fingerprint density at radius 3 is 2.53 bits per heavy atom. The Morgan fingerprint density at radius 1 is 1.41 bits per heavy atom. The Hall–Kier alpha value is 0.250. The molecule has 1 aromatic rings. The summed E-state index contributed by atoms with van der Waals surface area (Å²) in [5, 5.41) is 0. The lowest BCUT2D eigenvalue weighted by molar-refractivity contribution is -0.116. The molecule has 0 spiro atoms. The molecule has 7 heteroatoms. The summed E-state index contributed by atoms with van der Waals surface area (Å²) < 4.78 is 22.4. The minimum Gasteiger partial charge on any atom is -0.312 e. The van der Waals surface area contributed by atoms with Crippen molar-refractivity contribution in [3.05, 3.63) is 19.9 Å². The molecule has 4 nitrogen and oxygen atoms in total. The first-order chi connectivity index (χ1) is 7.99. The van der Waals surface area contributed by atoms with Crippen molar-refractivity contribution in [2.75, 3.05) is 20.4 Å². The fourth-order valence-electron chi connectivity index (χ4n) is 1.25. The van der Waals surface area contributed by atoms with Gasteiger partial charge in [-0.25, -0.2) is 0 Å². The number of Topliss-reactive ketones (excluding diaryl/α,β-unsaturated/α-hetero) is 1. The van der Waals surface area contributed by atoms with Gasteiger partial charge in [0, 0.05) is 25.5 Å². The average Bonchev–Trinajstić information content (AvgIpc) is 2.72. The molecule has 0 radical (unpaired) electrons. The Morgan fingerprint density at radius 2 is 2.06 bits per heavy atom. The van der Waals surface area contributed by atoms with Gasteiger partial charge >= 0.3 is 7.60 Å². The maximum absolute atomic E-state index is 11.7. The number of hydrogen-bond acceptors (Lipinski definition) is 5. The van der Waals surface area contributed by atoms with Crippen LogP contribution in [0.2, 0.25) is 0 Å². The first kappa shape index (κ1) is 15.3. The number of aryl methyl sites for hydroxylation is 1. The molecule has 0 aromatic carbocycles. The zero-order valence-corrected chi connectivity index (χ0v) is 13.5. The summed E-state index contributed by atoms with van der Waals surface area (Å²) in [5.41, 5.74) is 0. The molecule has 0 saturated carbocycles. The molecule has 0 N–H and O–H groups in total. The van der Waals surface area contributed by atoms with E-state index in [1.165, 1.54) is 17.1 Å². The molecule has 0 saturated heterocycles. The molecule has 0 unspecified atom stereocenters. The van der Waals surface area contributed by atoms with Gasteiger partial charge in [-0.2, -0.15) is 0 Å². The van der Waals surface area contributed by atoms with E-state index in [1.54, 1.807) is 11.3 Å². The van der Waals surface area contributed by atoms with Crippen LogP contribution < -0.4 is 0 Å². The third kappa shape index (κ3) is 5.18. The zero-order chi connectivity index (χ0) is 12.9. The Kier molecular flexibility index (Phi) is 6.30. The maximum Gasteiger partial charge on any atom is 0.337 e. The number of thiophene rings is 1. The lowest BCUT2D eigenvalue weighted by Crippen LogP contribution is -2.08. The van der Waals surface area contributed by atoms with E-state index in [2.05, 4.69) is 22.6 Å². The lowest BCUT2D eigenvalue weighted by Gasteiger charge is -2.12. The van der Waals surface area contributed by atoms with Crippen molar-refractivity contribution in [2.45, 2.75) is 12.8 Å². The summed E-state index contributed by atoms with van der Waals surface area (Å²) in [6.07, 6.45) is 0.899. The predicted octanol–water partition coefficient (Wildman–Crippen LogP) is 3.34. The first-order valence-corrected chi connectivity index (χ1v) is 8.58. The minimum atomic E-state index is -3.20. The molecular weight excluding hydrogens is 374 g/mol. The molecule has 96 valence electrons. The van der Waals surface area contributed by atoms with E-state index in [-0.39, 0.29) is 11.9 Å². The molecular formula is C10H14IO4PS. The second-order valence-electron chi connectivity index (χ2n) is 3.38. The van der Waals surface area contributed by atoms with Gasteiger partial charge in [-0.05, 0) is 41.1 Å². The largest absolute Gasteiger partial charge is 0.337 e. The van der Waals surface area contributed by atoms with Gasteiger partial charge in [-0.1, -0.05) is 0 Å². The van der Waals surface area contributed by atoms with Crippen molar-refractivity contribution in [3.8, 4) is 0 Å². The Balaban J connectivity index is 2.43. The van der Waals surface area contributed by atoms with E-state index in [0.717, 1.165) is 4.88 Å². The van der Waals surface area contributed by atoms with Crippen LogP contribution in [0.4, 0.5) is 0 Å². The number of carbonyl (C=O) groups is 1. The number of halogens is 1. The lowest BCUT2D eigenvalue weighted by atomic mass is 10.2. The van der Waals surface area contributed by atoms with Crippen molar-refractivity contribution in [1.29, 1.82) is 0 Å². The van der Waals surface area contributed by atoms with Crippen molar-refractivity contribution in [1.82, 2.24) is 0 Å². The topological polar surface area (TPSA) is 52.6 Å². The van der Waals surface area contributed by atoms with Crippen LogP contribution in [0.1, 0.15) is 11.3 Å². The molecule has 1 aromatic heterocycles. The van der Waals surface area contributed by atoms with Crippen LogP contribution in [-0.4, -0.2) is 26.2 Å². The van der Waals surface area contributed by atoms with Crippen LogP contribution >= 0.6 is 41.5 Å². The van der Waals surface area contributed by atoms with Crippen molar-refractivity contribution in [3.63, 3.8) is 0 Å². The summed E-state index contributed by atoms with van der Waals surface area (Å²) in [6, 6.07) is 4.02. The normalized spacial score (nSPS) is 11.7. The summed E-state index contributed by atoms with van der Waals surface area (Å²) in [4.78, 5) is 12.8. The molecule has 1 rings (SSSR count). The molecule has 17 heavy (non-hydrogen) atoms. The fraction of sp³-hybridized carbons (Fsp3) is 0.500. The molecule has 0 aliphatic rings. The summed E-state index contributed by atoms with van der Waals surface area (Å²) >= 11 is 3.90. The third-order valence-electron chi connectivity index (χ3n) is 2.21. The van der Waals surface area contributed by atoms with E-state index in [4.69, 9.17) is 9.05 Å². The molecule has 0 amide bonds. The SMILES string of the molecule is COP(=O)(CC(=O)CCc1ccc(I)s1)OC. The molecule has 0 aliphatic carbocycles. The number of carbonyl (C=O) groups excluding carboxylic acids is 1. The molecule has 0 bridgehead atoms. The van der Waals surface area contributed by atoms with Gasteiger partial charge in [-0.15, -0.1) is 11.3 Å². The van der Waals surface area contributed by atoms with Crippen LogP contribution in [-0.2, 0) is 24.8 Å². The van der Waals surface area contributed by atoms with Crippen molar-refractivity contribution >= 4 is 47.3 Å². The van der Waals surface area contributed by atoms with Crippen molar-refractivity contribution < 1.29 is 18.4 Å². The quantitative estimate of drug-likeness (QED) is 0.531. The summed E-state index contributed by atoms with van der Waals surface area (Å²) in [6.45, 7) is 0. The third-order valence-corrected chi connectivity index (χ3v) is 6.01. The van der Waals surface area contributed by atoms with Crippen LogP contribution in [0.25, 0.3) is 0 Å². The second kappa shape index (κ2) is 6.99. The monoisotopic (exact) mass is 388 g/mol. The van der Waals surface area contributed by atoms with Gasteiger partial charge in [0.25, 0.3) is 0 Å². The molecule has 1 heterocycles. The van der Waals surface area contributed by atoms with E-state index in [9.17, 15) is 9.36 Å². The maximum atomic E-state index is 11.7. The Bertz CT molecular complexity index is 424. The summed E-state index contributed by atoms with van der Waals surface area (Å²) in [7, 11) is -0.619. The van der Waals surface area contributed by atoms with Crippen LogP contribution in [0.15, 0.2) is 12.1 Å². The van der Waals surface area contributed by atoms with Gasteiger partial charge in [0.05, 0.1) is 2.88 Å². The van der Waals surface area contributed by atoms with Crippen LogP contribution in [0.5, 0.6) is 0 Å². The average molecular weight is 388 g/mol. The number of rotatable bonds is 7. The smallest absolute Gasteiger partial charge is 0.312 e.